The van der Waals surface area contributed by atoms with E-state index in [1.54, 1.807) is 0 Å². The summed E-state index contributed by atoms with van der Waals surface area (Å²) in [6.07, 6.45) is 0. The first-order valence-electron chi connectivity index (χ1n) is 1.26. The van der Waals surface area contributed by atoms with Crippen LogP contribution in [-0.4, -0.2) is 11.3 Å². The maximum atomic E-state index is 9.79. The third-order valence-electron chi connectivity index (χ3n) is 0.241. The molecule has 0 N–H and O–H groups in total. The van der Waals surface area contributed by atoms with Crippen LogP contribution < -0.4 is 0 Å². The Labute approximate surface area is 44.6 Å². The molecule has 0 fully saturated rings. The molecule has 0 aromatic heterocycles. The highest BCUT2D eigenvalue weighted by atomic mass is 79.9. The first kappa shape index (κ1) is 5.95. The van der Waals surface area contributed by atoms with E-state index in [4.69, 9.17) is 0 Å². The summed E-state index contributed by atoms with van der Waals surface area (Å²) in [5.41, 5.74) is 0. The fraction of sp³-hybridized carbons (Fsp3) is 0.333. The molecule has 0 aromatic rings. The molecule has 34 valence electrons. The molecule has 0 atom stereocenters. The van der Waals surface area contributed by atoms with E-state index in [0.717, 1.165) is 0 Å². The first-order chi connectivity index (χ1) is 2.81. The predicted molar refractivity (Wildman–Crippen MR) is 24.2 cm³/mol. The third-order valence-corrected chi connectivity index (χ3v) is 0.698. The number of halogens is 1. The van der Waals surface area contributed by atoms with Crippen molar-refractivity contribution in [2.24, 2.45) is 0 Å². The Hall–Kier alpha value is -0.0500. The van der Waals surface area contributed by atoms with Crippen molar-refractivity contribution in [3.63, 3.8) is 0 Å². The summed E-state index contributed by atoms with van der Waals surface area (Å²) >= 11 is 2.82. The van der Waals surface area contributed by atoms with Gasteiger partial charge >= 0.3 is 5.97 Å². The van der Waals surface area contributed by atoms with Crippen molar-refractivity contribution in [1.82, 2.24) is 0 Å². The van der Waals surface area contributed by atoms with Crippen molar-refractivity contribution >= 4 is 21.9 Å². The fourth-order valence-corrected chi connectivity index (χ4v) is 0.164. The normalized spacial score (nSPS) is 7.67. The largest absolute Gasteiger partial charge is 0.453 e. The first-order valence-corrected chi connectivity index (χ1v) is 2.39. The zero-order valence-corrected chi connectivity index (χ0v) is 4.56. The molecule has 2 radical (unpaired) electrons. The van der Waals surface area contributed by atoms with Crippen molar-refractivity contribution in [3.8, 4) is 0 Å². The van der Waals surface area contributed by atoms with Crippen LogP contribution in [-0.2, 0) is 9.53 Å². The molecular formula is C3H3BrO2. The van der Waals surface area contributed by atoms with Gasteiger partial charge in [0.05, 0.1) is 0 Å². The summed E-state index contributed by atoms with van der Waals surface area (Å²) in [6, 6.07) is 0. The Morgan fingerprint density at radius 1 is 2.00 bits per heavy atom. The van der Waals surface area contributed by atoms with Gasteiger partial charge in [0.2, 0.25) is 0 Å². The van der Waals surface area contributed by atoms with Gasteiger partial charge in [-0.1, -0.05) is 15.9 Å². The Balaban J connectivity index is 2.99. The highest BCUT2D eigenvalue weighted by Gasteiger charge is 1.90. The quantitative estimate of drug-likeness (QED) is 0.405. The summed E-state index contributed by atoms with van der Waals surface area (Å²) in [5.74, 6) is -0.463. The Kier molecular flexibility index (Phi) is 3.13. The molecule has 3 heteroatoms. The van der Waals surface area contributed by atoms with Crippen molar-refractivity contribution in [1.29, 1.82) is 0 Å². The van der Waals surface area contributed by atoms with E-state index in [1.807, 2.05) is 0 Å². The molecule has 0 aliphatic heterocycles. The van der Waals surface area contributed by atoms with Gasteiger partial charge in [0, 0.05) is 0 Å². The average molecular weight is 151 g/mol. The minimum Gasteiger partial charge on any atom is -0.453 e. The number of carbonyl (C=O) groups is 1. The minimum atomic E-state index is -0.463. The second-order valence-corrected chi connectivity index (χ2v) is 1.18. The zero-order chi connectivity index (χ0) is 4.99. The van der Waals surface area contributed by atoms with E-state index >= 15 is 0 Å². The van der Waals surface area contributed by atoms with Crippen LogP contribution in [0.4, 0.5) is 0 Å². The van der Waals surface area contributed by atoms with Gasteiger partial charge in [-0.2, -0.15) is 0 Å². The molecule has 6 heavy (non-hydrogen) atoms. The molecule has 0 rings (SSSR count). The minimum absolute atomic E-state index is 0.156. The number of alkyl halides is 1. The summed E-state index contributed by atoms with van der Waals surface area (Å²) < 4.78 is 3.71. The van der Waals surface area contributed by atoms with Crippen LogP contribution in [0, 0.1) is 7.11 Å². The van der Waals surface area contributed by atoms with E-state index in [0.29, 0.717) is 0 Å². The van der Waals surface area contributed by atoms with Gasteiger partial charge in [0.15, 0.2) is 7.11 Å². The van der Waals surface area contributed by atoms with Gasteiger partial charge in [-0.15, -0.1) is 0 Å². The van der Waals surface area contributed by atoms with E-state index in [-0.39, 0.29) is 5.33 Å². The summed E-state index contributed by atoms with van der Waals surface area (Å²) in [5, 5.41) is 0.156. The van der Waals surface area contributed by atoms with Crippen LogP contribution in [0.3, 0.4) is 0 Å². The van der Waals surface area contributed by atoms with E-state index in [2.05, 4.69) is 27.8 Å². The molecule has 0 aromatic carbocycles. The van der Waals surface area contributed by atoms with Crippen LogP contribution in [0.15, 0.2) is 0 Å². The van der Waals surface area contributed by atoms with Crippen molar-refractivity contribution in [2.45, 2.75) is 0 Å². The number of hydrogen-bond donors (Lipinski definition) is 0. The lowest BCUT2D eigenvalue weighted by Gasteiger charge is -1.84. The van der Waals surface area contributed by atoms with Crippen LogP contribution >= 0.6 is 15.9 Å². The van der Waals surface area contributed by atoms with Crippen LogP contribution in [0.1, 0.15) is 0 Å². The van der Waals surface area contributed by atoms with E-state index in [1.165, 1.54) is 0 Å². The standard InChI is InChI=1S/C3H3BrO2/c1-6-3(5)2-4/h1H,2H2. The number of carbonyl (C=O) groups excluding carboxylic acids is 1. The van der Waals surface area contributed by atoms with Gasteiger partial charge in [0.25, 0.3) is 0 Å². The van der Waals surface area contributed by atoms with E-state index < -0.39 is 5.97 Å². The molecule has 0 aliphatic carbocycles. The number of ether oxygens (including phenoxy) is 1. The second kappa shape index (κ2) is 3.15. The van der Waals surface area contributed by atoms with Gasteiger partial charge < -0.3 is 4.74 Å². The monoisotopic (exact) mass is 150 g/mol. The molecule has 0 saturated carbocycles. The topological polar surface area (TPSA) is 26.3 Å². The summed E-state index contributed by atoms with van der Waals surface area (Å²) in [6.45, 7) is 0. The fourth-order valence-electron chi connectivity index (χ4n) is 0.0315. The number of hydrogen-bond acceptors (Lipinski definition) is 2. The van der Waals surface area contributed by atoms with Crippen LogP contribution in [0.25, 0.3) is 0 Å². The molecule has 2 nitrogen and oxygen atoms in total. The second-order valence-electron chi connectivity index (χ2n) is 0.623. The molecular weight excluding hydrogens is 148 g/mol. The average Bonchev–Trinajstić information content (AvgIpc) is 1.65. The van der Waals surface area contributed by atoms with Crippen molar-refractivity contribution in [3.05, 3.63) is 7.11 Å². The van der Waals surface area contributed by atoms with Crippen molar-refractivity contribution in [2.75, 3.05) is 5.33 Å². The number of esters is 1. The lowest BCUT2D eigenvalue weighted by atomic mass is 10.8. The summed E-state index contributed by atoms with van der Waals surface area (Å²) in [7, 11) is 4.40. The van der Waals surface area contributed by atoms with Gasteiger partial charge in [-0.3, -0.25) is 4.79 Å². The molecule has 0 saturated heterocycles. The SMILES string of the molecule is [CH]OC(=O)CBr. The van der Waals surface area contributed by atoms with Crippen LogP contribution in [0.5, 0.6) is 0 Å². The Morgan fingerprint density at radius 2 is 2.50 bits per heavy atom. The smallest absolute Gasteiger partial charge is 0.317 e. The molecule has 0 amide bonds. The Morgan fingerprint density at radius 3 is 2.50 bits per heavy atom. The number of rotatable bonds is 1. The lowest BCUT2D eigenvalue weighted by Crippen LogP contribution is -1.97. The molecule has 0 unspecified atom stereocenters. The van der Waals surface area contributed by atoms with Gasteiger partial charge in [-0.25, -0.2) is 0 Å². The molecule has 0 aliphatic rings. The van der Waals surface area contributed by atoms with Crippen LogP contribution in [0.2, 0.25) is 0 Å². The highest BCUT2D eigenvalue weighted by Crippen LogP contribution is 1.80. The van der Waals surface area contributed by atoms with Gasteiger partial charge in [0.1, 0.15) is 5.33 Å². The van der Waals surface area contributed by atoms with E-state index in [9.17, 15) is 4.79 Å². The zero-order valence-electron chi connectivity index (χ0n) is 2.98. The maximum absolute atomic E-state index is 9.79. The summed E-state index contributed by atoms with van der Waals surface area (Å²) in [4.78, 5) is 9.79. The molecule has 0 spiro atoms. The predicted octanol–water partition coefficient (Wildman–Crippen LogP) is 0.593. The highest BCUT2D eigenvalue weighted by molar-refractivity contribution is 9.09. The van der Waals surface area contributed by atoms with Gasteiger partial charge in [-0.05, 0) is 0 Å². The van der Waals surface area contributed by atoms with Crippen molar-refractivity contribution < 1.29 is 9.53 Å². The lowest BCUT2D eigenvalue weighted by molar-refractivity contribution is -0.135. The maximum Gasteiger partial charge on any atom is 0.317 e. The molecule has 0 heterocycles. The Bertz CT molecular complexity index is 46.8. The third kappa shape index (κ3) is 2.20. The molecule has 0 bridgehead atoms.